The maximum Gasteiger partial charge on any atom is 0.339 e. The van der Waals surface area contributed by atoms with E-state index in [1.807, 2.05) is 0 Å². The Balaban J connectivity index is 2.95. The molecule has 0 saturated carbocycles. The van der Waals surface area contributed by atoms with Crippen LogP contribution in [0.15, 0.2) is 29.8 Å². The van der Waals surface area contributed by atoms with Crippen molar-refractivity contribution in [1.29, 1.82) is 0 Å². The van der Waals surface area contributed by atoms with Crippen molar-refractivity contribution < 1.29 is 33.4 Å². The molecule has 0 atom stereocenters. The van der Waals surface area contributed by atoms with Crippen molar-refractivity contribution in [2.24, 2.45) is 0 Å². The summed E-state index contributed by atoms with van der Waals surface area (Å²) >= 11 is 0. The molecular weight excluding hydrogens is 330 g/mol. The van der Waals surface area contributed by atoms with Gasteiger partial charge in [-0.05, 0) is 32.0 Å². The van der Waals surface area contributed by atoms with Crippen LogP contribution in [0, 0.1) is 0 Å². The molecule has 1 aromatic rings. The van der Waals surface area contributed by atoms with Crippen molar-refractivity contribution in [3.8, 4) is 0 Å². The molecule has 0 aliphatic rings. The monoisotopic (exact) mass is 349 g/mol. The minimum atomic E-state index is -0.701. The molecule has 0 fully saturated rings. The molecule has 1 aromatic carbocycles. The average molecular weight is 349 g/mol. The molecule has 0 aliphatic heterocycles. The Bertz CT molecular complexity index is 718. The summed E-state index contributed by atoms with van der Waals surface area (Å²) in [6.45, 7) is 2.87. The first-order valence-electron chi connectivity index (χ1n) is 7.20. The van der Waals surface area contributed by atoms with Crippen molar-refractivity contribution in [3.05, 3.63) is 41.0 Å². The molecule has 8 nitrogen and oxygen atoms in total. The zero-order valence-corrected chi connectivity index (χ0v) is 14.4. The quantitative estimate of drug-likeness (QED) is 0.473. The lowest BCUT2D eigenvalue weighted by molar-refractivity contribution is -0.142. The van der Waals surface area contributed by atoms with E-state index in [0.29, 0.717) is 0 Å². The van der Waals surface area contributed by atoms with E-state index in [0.717, 1.165) is 5.57 Å². The highest BCUT2D eigenvalue weighted by atomic mass is 16.5. The average Bonchev–Trinajstić information content (AvgIpc) is 2.58. The predicted molar refractivity (Wildman–Crippen MR) is 88.1 cm³/mol. The molecular formula is C17H19NO7. The number of esters is 3. The summed E-state index contributed by atoms with van der Waals surface area (Å²) in [5.41, 5.74) is 0.938. The van der Waals surface area contributed by atoms with Crippen LogP contribution in [0.2, 0.25) is 0 Å². The molecule has 0 spiro atoms. The lowest BCUT2D eigenvalue weighted by atomic mass is 10.1. The second kappa shape index (κ2) is 9.21. The van der Waals surface area contributed by atoms with Crippen molar-refractivity contribution in [3.63, 3.8) is 0 Å². The van der Waals surface area contributed by atoms with Crippen LogP contribution >= 0.6 is 0 Å². The molecule has 8 heteroatoms. The van der Waals surface area contributed by atoms with E-state index in [9.17, 15) is 19.2 Å². The van der Waals surface area contributed by atoms with E-state index in [-0.39, 0.29) is 16.8 Å². The molecule has 1 rings (SSSR count). The van der Waals surface area contributed by atoms with Crippen molar-refractivity contribution in [2.75, 3.05) is 26.1 Å². The fourth-order valence-corrected chi connectivity index (χ4v) is 1.78. The number of benzene rings is 1. The smallest absolute Gasteiger partial charge is 0.339 e. The van der Waals surface area contributed by atoms with Gasteiger partial charge in [0.1, 0.15) is 0 Å². The zero-order chi connectivity index (χ0) is 19.0. The lowest BCUT2D eigenvalue weighted by Crippen LogP contribution is -2.22. The molecule has 0 radical (unpaired) electrons. The summed E-state index contributed by atoms with van der Waals surface area (Å²) in [5.74, 6) is -2.68. The topological polar surface area (TPSA) is 108 Å². The summed E-state index contributed by atoms with van der Waals surface area (Å²) in [6.07, 6.45) is 1.24. The molecule has 25 heavy (non-hydrogen) atoms. The van der Waals surface area contributed by atoms with Gasteiger partial charge in [0, 0.05) is 6.08 Å². The Morgan fingerprint density at radius 3 is 2.24 bits per heavy atom. The molecule has 0 heterocycles. The first-order chi connectivity index (χ1) is 11.8. The van der Waals surface area contributed by atoms with Crippen molar-refractivity contribution in [1.82, 2.24) is 0 Å². The third kappa shape index (κ3) is 6.09. The zero-order valence-electron chi connectivity index (χ0n) is 14.4. The third-order valence-corrected chi connectivity index (χ3v) is 2.87. The molecule has 134 valence electrons. The molecule has 0 aromatic heterocycles. The Morgan fingerprint density at radius 1 is 1.04 bits per heavy atom. The van der Waals surface area contributed by atoms with Gasteiger partial charge < -0.3 is 19.5 Å². The number of methoxy groups -OCH3 is 2. The number of amides is 1. The van der Waals surface area contributed by atoms with E-state index in [4.69, 9.17) is 4.74 Å². The maximum atomic E-state index is 11.9. The van der Waals surface area contributed by atoms with Gasteiger partial charge in [0.15, 0.2) is 6.61 Å². The fourth-order valence-electron chi connectivity index (χ4n) is 1.78. The number of carbonyl (C=O) groups excluding carboxylic acids is 4. The van der Waals surface area contributed by atoms with Crippen LogP contribution in [0.3, 0.4) is 0 Å². The van der Waals surface area contributed by atoms with Gasteiger partial charge in [-0.2, -0.15) is 0 Å². The van der Waals surface area contributed by atoms with Gasteiger partial charge >= 0.3 is 17.9 Å². The third-order valence-electron chi connectivity index (χ3n) is 2.87. The normalized spacial score (nSPS) is 9.60. The molecule has 0 aliphatic carbocycles. The number of ether oxygens (including phenoxy) is 3. The summed E-state index contributed by atoms with van der Waals surface area (Å²) in [4.78, 5) is 46.7. The van der Waals surface area contributed by atoms with Crippen LogP contribution in [0.25, 0.3) is 0 Å². The summed E-state index contributed by atoms with van der Waals surface area (Å²) in [6, 6.07) is 3.96. The number of anilines is 1. The number of hydrogen-bond acceptors (Lipinski definition) is 7. The van der Waals surface area contributed by atoms with Crippen LogP contribution in [-0.4, -0.2) is 44.6 Å². The molecule has 1 N–H and O–H groups in total. The van der Waals surface area contributed by atoms with Crippen LogP contribution in [0.5, 0.6) is 0 Å². The molecule has 0 unspecified atom stereocenters. The lowest BCUT2D eigenvalue weighted by Gasteiger charge is -2.11. The maximum absolute atomic E-state index is 11.9. The van der Waals surface area contributed by atoms with Crippen LogP contribution in [0.1, 0.15) is 34.6 Å². The van der Waals surface area contributed by atoms with Crippen molar-refractivity contribution in [2.45, 2.75) is 13.8 Å². The highest BCUT2D eigenvalue weighted by Crippen LogP contribution is 2.19. The standard InChI is InChI=1S/C17H19NO7/c1-10(2)7-15(20)25-9-14(19)18-13-8-11(16(21)23-3)5-6-12(13)17(22)24-4/h5-8H,9H2,1-4H3,(H,18,19). The highest BCUT2D eigenvalue weighted by molar-refractivity contribution is 6.04. The predicted octanol–water partition coefficient (Wildman–Crippen LogP) is 1.71. The first kappa shape index (κ1) is 19.9. The van der Waals surface area contributed by atoms with Gasteiger partial charge in [-0.1, -0.05) is 5.57 Å². The Labute approximate surface area is 144 Å². The number of allylic oxidation sites excluding steroid dienone is 1. The minimum Gasteiger partial charge on any atom is -0.465 e. The van der Waals surface area contributed by atoms with Gasteiger partial charge in [-0.25, -0.2) is 14.4 Å². The second-order valence-electron chi connectivity index (χ2n) is 5.12. The molecule has 0 bridgehead atoms. The van der Waals surface area contributed by atoms with Gasteiger partial charge in [-0.15, -0.1) is 0 Å². The number of hydrogen-bond donors (Lipinski definition) is 1. The summed E-state index contributed by atoms with van der Waals surface area (Å²) in [5, 5.41) is 2.41. The van der Waals surface area contributed by atoms with Gasteiger partial charge in [0.25, 0.3) is 5.91 Å². The van der Waals surface area contributed by atoms with E-state index in [2.05, 4.69) is 14.8 Å². The summed E-state index contributed by atoms with van der Waals surface area (Å²) < 4.78 is 14.0. The van der Waals surface area contributed by atoms with Crippen LogP contribution in [0.4, 0.5) is 5.69 Å². The SMILES string of the molecule is COC(=O)c1ccc(C(=O)OC)c(NC(=O)COC(=O)C=C(C)C)c1. The highest BCUT2D eigenvalue weighted by Gasteiger charge is 2.17. The van der Waals surface area contributed by atoms with Gasteiger partial charge in [0.05, 0.1) is 31.0 Å². The number of carbonyl (C=O) groups is 4. The van der Waals surface area contributed by atoms with E-state index in [1.54, 1.807) is 13.8 Å². The van der Waals surface area contributed by atoms with E-state index in [1.165, 1.54) is 38.5 Å². The first-order valence-corrected chi connectivity index (χ1v) is 7.20. The fraction of sp³-hybridized carbons (Fsp3) is 0.294. The second-order valence-corrected chi connectivity index (χ2v) is 5.12. The largest absolute Gasteiger partial charge is 0.465 e. The Kier molecular flexibility index (Phi) is 7.33. The number of nitrogens with one attached hydrogen (secondary N) is 1. The van der Waals surface area contributed by atoms with E-state index < -0.39 is 30.4 Å². The van der Waals surface area contributed by atoms with Gasteiger partial charge in [0.2, 0.25) is 0 Å². The summed E-state index contributed by atoms with van der Waals surface area (Å²) in [7, 11) is 2.39. The van der Waals surface area contributed by atoms with E-state index >= 15 is 0 Å². The van der Waals surface area contributed by atoms with Crippen LogP contribution < -0.4 is 5.32 Å². The van der Waals surface area contributed by atoms with Crippen molar-refractivity contribution >= 4 is 29.5 Å². The van der Waals surface area contributed by atoms with Crippen LogP contribution in [-0.2, 0) is 23.8 Å². The molecule has 0 saturated heterocycles. The number of rotatable bonds is 6. The molecule has 1 amide bonds. The Morgan fingerprint density at radius 2 is 1.68 bits per heavy atom. The van der Waals surface area contributed by atoms with Gasteiger partial charge in [-0.3, -0.25) is 4.79 Å². The minimum absolute atomic E-state index is 0.0398. The Hall–Kier alpha value is -3.16.